The van der Waals surface area contributed by atoms with Crippen LogP contribution in [0.25, 0.3) is 0 Å². The number of ether oxygens (including phenoxy) is 1. The lowest BCUT2D eigenvalue weighted by atomic mass is 10.0. The van der Waals surface area contributed by atoms with Crippen molar-refractivity contribution in [2.24, 2.45) is 0 Å². The average molecular weight is 236 g/mol. The van der Waals surface area contributed by atoms with Gasteiger partial charge in [-0.3, -0.25) is 0 Å². The Bertz CT molecular complexity index is 305. The second kappa shape index (κ2) is 7.46. The highest BCUT2D eigenvalue weighted by Gasteiger charge is 2.16. The highest BCUT2D eigenvalue weighted by Crippen LogP contribution is 2.19. The van der Waals surface area contributed by atoms with Gasteiger partial charge in [0.1, 0.15) is 6.10 Å². The fourth-order valence-corrected chi connectivity index (χ4v) is 1.75. The average Bonchev–Trinajstić information content (AvgIpc) is 2.34. The molecule has 1 rings (SSSR count). The summed E-state index contributed by atoms with van der Waals surface area (Å²) in [6.45, 7) is 6.87. The first-order valence-corrected chi connectivity index (χ1v) is 6.51. The molecule has 0 fully saturated rings. The summed E-state index contributed by atoms with van der Waals surface area (Å²) in [6.07, 6.45) is 2.78. The van der Waals surface area contributed by atoms with Crippen LogP contribution < -0.4 is 0 Å². The Morgan fingerprint density at radius 3 is 2.41 bits per heavy atom. The maximum atomic E-state index is 10.1. The molecule has 17 heavy (non-hydrogen) atoms. The quantitative estimate of drug-likeness (QED) is 0.733. The molecule has 1 aromatic carbocycles. The van der Waals surface area contributed by atoms with Crippen LogP contribution in [0.3, 0.4) is 0 Å². The minimum absolute atomic E-state index is 0.144. The van der Waals surface area contributed by atoms with Crippen LogP contribution in [0.15, 0.2) is 24.3 Å². The Hall–Kier alpha value is -0.860. The largest absolute Gasteiger partial charge is 0.386 e. The molecule has 0 aromatic heterocycles. The zero-order valence-corrected chi connectivity index (χ0v) is 11.1. The summed E-state index contributed by atoms with van der Waals surface area (Å²) in [5.41, 5.74) is 2.14. The number of unbranched alkanes of at least 4 members (excludes halogenated alkanes) is 2. The lowest BCUT2D eigenvalue weighted by Gasteiger charge is -2.20. The molecule has 1 N–H and O–H groups in total. The molecule has 2 heteroatoms. The van der Waals surface area contributed by atoms with E-state index in [1.165, 1.54) is 18.4 Å². The van der Waals surface area contributed by atoms with Gasteiger partial charge in [-0.15, -0.1) is 0 Å². The van der Waals surface area contributed by atoms with Gasteiger partial charge in [0, 0.05) is 6.61 Å². The van der Waals surface area contributed by atoms with E-state index in [-0.39, 0.29) is 6.10 Å². The van der Waals surface area contributed by atoms with Crippen LogP contribution in [0.2, 0.25) is 0 Å². The molecule has 2 nitrogen and oxygen atoms in total. The molecule has 96 valence electrons. The Morgan fingerprint density at radius 2 is 1.82 bits per heavy atom. The predicted molar refractivity (Wildman–Crippen MR) is 71.1 cm³/mol. The summed E-state index contributed by atoms with van der Waals surface area (Å²) in [5, 5.41) is 10.1. The molecule has 0 radical (unpaired) electrons. The van der Waals surface area contributed by atoms with E-state index in [2.05, 4.69) is 6.92 Å². The van der Waals surface area contributed by atoms with Crippen molar-refractivity contribution in [3.8, 4) is 0 Å². The predicted octanol–water partition coefficient (Wildman–Crippen LogP) is 3.62. The molecule has 0 spiro atoms. The van der Waals surface area contributed by atoms with Crippen molar-refractivity contribution in [1.82, 2.24) is 0 Å². The SMILES string of the molecule is CCCCCOC(C)C(O)c1ccc(C)cc1. The Kier molecular flexibility index (Phi) is 6.23. The summed E-state index contributed by atoms with van der Waals surface area (Å²) in [7, 11) is 0. The van der Waals surface area contributed by atoms with Gasteiger partial charge >= 0.3 is 0 Å². The van der Waals surface area contributed by atoms with Gasteiger partial charge in [-0.2, -0.15) is 0 Å². The Labute approximate surface area is 105 Å². The zero-order valence-electron chi connectivity index (χ0n) is 11.1. The van der Waals surface area contributed by atoms with E-state index in [0.29, 0.717) is 0 Å². The number of aryl methyl sites for hydroxylation is 1. The van der Waals surface area contributed by atoms with E-state index < -0.39 is 6.10 Å². The molecule has 0 aliphatic carbocycles. The Morgan fingerprint density at radius 1 is 1.18 bits per heavy atom. The van der Waals surface area contributed by atoms with Crippen molar-refractivity contribution in [3.63, 3.8) is 0 Å². The van der Waals surface area contributed by atoms with Crippen LogP contribution >= 0.6 is 0 Å². The van der Waals surface area contributed by atoms with Gasteiger partial charge in [0.25, 0.3) is 0 Å². The molecule has 0 bridgehead atoms. The maximum absolute atomic E-state index is 10.1. The second-order valence-corrected chi connectivity index (χ2v) is 4.64. The maximum Gasteiger partial charge on any atom is 0.105 e. The second-order valence-electron chi connectivity index (χ2n) is 4.64. The lowest BCUT2D eigenvalue weighted by Crippen LogP contribution is -2.19. The number of benzene rings is 1. The van der Waals surface area contributed by atoms with E-state index in [1.54, 1.807) is 0 Å². The highest BCUT2D eigenvalue weighted by molar-refractivity contribution is 5.23. The van der Waals surface area contributed by atoms with Crippen LogP contribution in [0.1, 0.15) is 50.3 Å². The van der Waals surface area contributed by atoms with Crippen molar-refractivity contribution in [1.29, 1.82) is 0 Å². The molecule has 0 saturated carbocycles. The van der Waals surface area contributed by atoms with E-state index >= 15 is 0 Å². The first-order valence-electron chi connectivity index (χ1n) is 6.51. The fraction of sp³-hybridized carbons (Fsp3) is 0.600. The normalized spacial score (nSPS) is 14.6. The first kappa shape index (κ1) is 14.2. The summed E-state index contributed by atoms with van der Waals surface area (Å²) >= 11 is 0. The zero-order chi connectivity index (χ0) is 12.7. The molecular weight excluding hydrogens is 212 g/mol. The number of aliphatic hydroxyl groups excluding tert-OH is 1. The molecule has 0 aliphatic rings. The van der Waals surface area contributed by atoms with Crippen LogP contribution in [0.4, 0.5) is 0 Å². The van der Waals surface area contributed by atoms with Gasteiger partial charge in [-0.1, -0.05) is 49.6 Å². The van der Waals surface area contributed by atoms with Crippen molar-refractivity contribution >= 4 is 0 Å². The minimum atomic E-state index is -0.530. The summed E-state index contributed by atoms with van der Waals surface area (Å²) in [4.78, 5) is 0. The van der Waals surface area contributed by atoms with E-state index in [9.17, 15) is 5.11 Å². The standard InChI is InChI=1S/C15H24O2/c1-4-5-6-11-17-13(3)15(16)14-9-7-12(2)8-10-14/h7-10,13,15-16H,4-6,11H2,1-3H3. The lowest BCUT2D eigenvalue weighted by molar-refractivity contribution is -0.0290. The van der Waals surface area contributed by atoms with E-state index in [4.69, 9.17) is 4.74 Å². The number of hydrogen-bond donors (Lipinski definition) is 1. The van der Waals surface area contributed by atoms with E-state index in [1.807, 2.05) is 38.1 Å². The summed E-state index contributed by atoms with van der Waals surface area (Å²) in [6, 6.07) is 7.96. The highest BCUT2D eigenvalue weighted by atomic mass is 16.5. The minimum Gasteiger partial charge on any atom is -0.386 e. The third kappa shape index (κ3) is 4.88. The van der Waals surface area contributed by atoms with Crippen LogP contribution in [-0.4, -0.2) is 17.8 Å². The number of hydrogen-bond acceptors (Lipinski definition) is 2. The van der Waals surface area contributed by atoms with Crippen LogP contribution in [-0.2, 0) is 4.74 Å². The van der Waals surface area contributed by atoms with Gasteiger partial charge in [0.2, 0.25) is 0 Å². The molecular formula is C15H24O2. The van der Waals surface area contributed by atoms with Crippen LogP contribution in [0, 0.1) is 6.92 Å². The molecule has 2 atom stereocenters. The molecule has 0 heterocycles. The van der Waals surface area contributed by atoms with Crippen molar-refractivity contribution in [2.45, 2.75) is 52.2 Å². The molecule has 0 aliphatic heterocycles. The topological polar surface area (TPSA) is 29.5 Å². The van der Waals surface area contributed by atoms with Gasteiger partial charge in [0.05, 0.1) is 6.10 Å². The fourth-order valence-electron chi connectivity index (χ4n) is 1.75. The van der Waals surface area contributed by atoms with Gasteiger partial charge in [-0.05, 0) is 25.8 Å². The van der Waals surface area contributed by atoms with Crippen molar-refractivity contribution in [3.05, 3.63) is 35.4 Å². The van der Waals surface area contributed by atoms with Gasteiger partial charge < -0.3 is 9.84 Å². The van der Waals surface area contributed by atoms with E-state index in [0.717, 1.165) is 18.6 Å². The van der Waals surface area contributed by atoms with Crippen LogP contribution in [0.5, 0.6) is 0 Å². The Balaban J connectivity index is 2.40. The summed E-state index contributed by atoms with van der Waals surface area (Å²) in [5.74, 6) is 0. The van der Waals surface area contributed by atoms with Gasteiger partial charge in [0.15, 0.2) is 0 Å². The smallest absolute Gasteiger partial charge is 0.105 e. The molecule has 0 amide bonds. The van der Waals surface area contributed by atoms with Crippen molar-refractivity contribution in [2.75, 3.05) is 6.61 Å². The molecule has 2 unspecified atom stereocenters. The van der Waals surface area contributed by atoms with Gasteiger partial charge in [-0.25, -0.2) is 0 Å². The number of rotatable bonds is 7. The summed E-state index contributed by atoms with van der Waals surface area (Å²) < 4.78 is 5.64. The molecule has 1 aromatic rings. The third-order valence-electron chi connectivity index (χ3n) is 2.99. The number of aliphatic hydroxyl groups is 1. The van der Waals surface area contributed by atoms with Crippen molar-refractivity contribution < 1.29 is 9.84 Å². The third-order valence-corrected chi connectivity index (χ3v) is 2.99. The first-order chi connectivity index (χ1) is 8.15. The monoisotopic (exact) mass is 236 g/mol. The molecule has 0 saturated heterocycles.